The lowest BCUT2D eigenvalue weighted by Gasteiger charge is -2.30. The van der Waals surface area contributed by atoms with Crippen LogP contribution in [-0.2, 0) is 10.9 Å². The summed E-state index contributed by atoms with van der Waals surface area (Å²) in [6.07, 6.45) is 1.40. The number of alkyl halides is 3. The van der Waals surface area contributed by atoms with Gasteiger partial charge < -0.3 is 20.7 Å². The summed E-state index contributed by atoms with van der Waals surface area (Å²) in [6.45, 7) is 2.31. The van der Waals surface area contributed by atoms with Crippen molar-refractivity contribution in [3.8, 4) is 0 Å². The molecule has 0 aliphatic heterocycles. The topological polar surface area (TPSA) is 74.8 Å². The van der Waals surface area contributed by atoms with Gasteiger partial charge in [-0.3, -0.25) is 9.79 Å². The maximum absolute atomic E-state index is 12.6. The molecular weight excluding hydrogens is 397 g/mol. The Kier molecular flexibility index (Phi) is 8.95. The molecule has 1 fully saturated rings. The molecule has 0 atom stereocenters. The van der Waals surface area contributed by atoms with Crippen LogP contribution in [0.4, 0.5) is 13.2 Å². The standard InChI is InChI=1S/C21H31F3N4O2/c1-25-19(28-15-20(11-14-30-2)9-3-4-10-20)27-13-12-26-18(29)16-5-7-17(8-6-16)21(22,23)24/h5-8H,3-4,9-15H2,1-2H3,(H,26,29)(H2,25,27,28). The summed E-state index contributed by atoms with van der Waals surface area (Å²) in [5.74, 6) is 0.236. The highest BCUT2D eigenvalue weighted by Crippen LogP contribution is 2.40. The molecule has 1 saturated carbocycles. The fourth-order valence-corrected chi connectivity index (χ4v) is 3.72. The number of nitrogens with zero attached hydrogens (tertiary/aromatic N) is 1. The first-order valence-electron chi connectivity index (χ1n) is 10.2. The molecule has 30 heavy (non-hydrogen) atoms. The lowest BCUT2D eigenvalue weighted by Crippen LogP contribution is -2.45. The predicted octanol–water partition coefficient (Wildman–Crippen LogP) is 3.20. The van der Waals surface area contributed by atoms with Crippen LogP contribution in [0.1, 0.15) is 48.0 Å². The van der Waals surface area contributed by atoms with Crippen molar-refractivity contribution in [3.63, 3.8) is 0 Å². The van der Waals surface area contributed by atoms with E-state index in [1.165, 1.54) is 37.8 Å². The second-order valence-electron chi connectivity index (χ2n) is 7.63. The van der Waals surface area contributed by atoms with E-state index in [9.17, 15) is 18.0 Å². The van der Waals surface area contributed by atoms with Crippen molar-refractivity contribution in [1.29, 1.82) is 0 Å². The monoisotopic (exact) mass is 428 g/mol. The molecule has 1 aliphatic rings. The molecule has 0 unspecified atom stereocenters. The lowest BCUT2D eigenvalue weighted by molar-refractivity contribution is -0.137. The smallest absolute Gasteiger partial charge is 0.385 e. The Morgan fingerprint density at radius 1 is 1.10 bits per heavy atom. The minimum absolute atomic E-state index is 0.187. The van der Waals surface area contributed by atoms with Gasteiger partial charge in [0.1, 0.15) is 0 Å². The molecule has 168 valence electrons. The van der Waals surface area contributed by atoms with E-state index in [0.717, 1.165) is 31.7 Å². The first-order chi connectivity index (χ1) is 14.3. The molecule has 0 heterocycles. The number of carbonyl (C=O) groups is 1. The fourth-order valence-electron chi connectivity index (χ4n) is 3.72. The molecule has 0 saturated heterocycles. The molecule has 9 heteroatoms. The largest absolute Gasteiger partial charge is 0.416 e. The average Bonchev–Trinajstić information content (AvgIpc) is 3.20. The molecule has 0 aromatic heterocycles. The highest BCUT2D eigenvalue weighted by molar-refractivity contribution is 5.94. The summed E-state index contributed by atoms with van der Waals surface area (Å²) >= 11 is 0. The second-order valence-corrected chi connectivity index (χ2v) is 7.63. The van der Waals surface area contributed by atoms with Gasteiger partial charge in [-0.05, 0) is 48.9 Å². The first kappa shape index (κ1) is 24.0. The number of amides is 1. The van der Waals surface area contributed by atoms with Crippen molar-refractivity contribution in [3.05, 3.63) is 35.4 Å². The number of halogens is 3. The van der Waals surface area contributed by atoms with E-state index in [0.29, 0.717) is 19.0 Å². The number of benzene rings is 1. The van der Waals surface area contributed by atoms with Gasteiger partial charge in [-0.15, -0.1) is 0 Å². The van der Waals surface area contributed by atoms with E-state index in [4.69, 9.17) is 4.74 Å². The number of nitrogens with one attached hydrogen (secondary N) is 3. The minimum atomic E-state index is -4.41. The van der Waals surface area contributed by atoms with Crippen molar-refractivity contribution in [1.82, 2.24) is 16.0 Å². The Morgan fingerprint density at radius 3 is 2.30 bits per heavy atom. The number of methoxy groups -OCH3 is 1. The molecule has 1 amide bonds. The van der Waals surface area contributed by atoms with E-state index in [1.807, 2.05) is 0 Å². The summed E-state index contributed by atoms with van der Waals surface area (Å²) in [4.78, 5) is 16.3. The summed E-state index contributed by atoms with van der Waals surface area (Å²) in [6, 6.07) is 4.16. The minimum Gasteiger partial charge on any atom is -0.385 e. The Hall–Kier alpha value is -2.29. The molecule has 3 N–H and O–H groups in total. The SMILES string of the molecule is CN=C(NCCNC(=O)c1ccc(C(F)(F)F)cc1)NCC1(CCOC)CCCC1. The van der Waals surface area contributed by atoms with E-state index in [1.54, 1.807) is 14.2 Å². The van der Waals surface area contributed by atoms with Crippen LogP contribution < -0.4 is 16.0 Å². The van der Waals surface area contributed by atoms with E-state index < -0.39 is 17.6 Å². The molecular formula is C21H31F3N4O2. The number of aliphatic imine (C=N–C) groups is 1. The molecule has 2 rings (SSSR count). The molecule has 6 nitrogen and oxygen atoms in total. The van der Waals surface area contributed by atoms with E-state index in [2.05, 4.69) is 20.9 Å². The molecule has 1 aromatic carbocycles. The molecule has 0 radical (unpaired) electrons. The summed E-state index contributed by atoms with van der Waals surface area (Å²) in [7, 11) is 3.40. The lowest BCUT2D eigenvalue weighted by atomic mass is 9.83. The quantitative estimate of drug-likeness (QED) is 0.321. The van der Waals surface area contributed by atoms with Crippen LogP contribution in [0.25, 0.3) is 0 Å². The number of guanidine groups is 1. The Morgan fingerprint density at radius 2 is 1.73 bits per heavy atom. The van der Waals surface area contributed by atoms with Gasteiger partial charge in [-0.1, -0.05) is 12.8 Å². The average molecular weight is 428 g/mol. The molecule has 0 bridgehead atoms. The summed E-state index contributed by atoms with van der Waals surface area (Å²) in [5.41, 5.74) is -0.363. The molecule has 0 spiro atoms. The van der Waals surface area contributed by atoms with Crippen LogP contribution in [0.3, 0.4) is 0 Å². The second kappa shape index (κ2) is 11.2. The highest BCUT2D eigenvalue weighted by Gasteiger charge is 2.33. The van der Waals surface area contributed by atoms with Crippen LogP contribution in [-0.4, -0.2) is 52.3 Å². The number of rotatable bonds is 9. The zero-order valence-electron chi connectivity index (χ0n) is 17.6. The number of hydrogen-bond donors (Lipinski definition) is 3. The van der Waals surface area contributed by atoms with Gasteiger partial charge >= 0.3 is 6.18 Å². The van der Waals surface area contributed by atoms with Crippen molar-refractivity contribution in [2.45, 2.75) is 38.3 Å². The Balaban J connectivity index is 1.73. The van der Waals surface area contributed by atoms with Gasteiger partial charge in [0.2, 0.25) is 0 Å². The fraction of sp³-hybridized carbons (Fsp3) is 0.619. The number of ether oxygens (including phenoxy) is 1. The Bertz CT molecular complexity index is 699. The van der Waals surface area contributed by atoms with Crippen molar-refractivity contribution >= 4 is 11.9 Å². The maximum atomic E-state index is 12.6. The molecule has 1 aromatic rings. The zero-order chi connectivity index (χ0) is 22.0. The van der Waals surface area contributed by atoms with Crippen LogP contribution in [0, 0.1) is 5.41 Å². The van der Waals surface area contributed by atoms with Crippen LogP contribution in [0.2, 0.25) is 0 Å². The van der Waals surface area contributed by atoms with Crippen molar-refractivity contribution < 1.29 is 22.7 Å². The first-order valence-corrected chi connectivity index (χ1v) is 10.2. The summed E-state index contributed by atoms with van der Waals surface area (Å²) in [5, 5.41) is 9.20. The number of carbonyl (C=O) groups excluding carboxylic acids is 1. The third-order valence-corrected chi connectivity index (χ3v) is 5.53. The summed E-state index contributed by atoms with van der Waals surface area (Å²) < 4.78 is 43.0. The third kappa shape index (κ3) is 7.19. The third-order valence-electron chi connectivity index (χ3n) is 5.53. The number of hydrogen-bond acceptors (Lipinski definition) is 3. The van der Waals surface area contributed by atoms with Gasteiger partial charge in [-0.2, -0.15) is 13.2 Å². The van der Waals surface area contributed by atoms with Gasteiger partial charge in [0.15, 0.2) is 5.96 Å². The van der Waals surface area contributed by atoms with Crippen molar-refractivity contribution in [2.24, 2.45) is 10.4 Å². The van der Waals surface area contributed by atoms with Crippen LogP contribution in [0.5, 0.6) is 0 Å². The van der Waals surface area contributed by atoms with Gasteiger partial charge in [0, 0.05) is 46.0 Å². The van der Waals surface area contributed by atoms with Gasteiger partial charge in [0.05, 0.1) is 5.56 Å². The van der Waals surface area contributed by atoms with Gasteiger partial charge in [-0.25, -0.2) is 0 Å². The van der Waals surface area contributed by atoms with Crippen molar-refractivity contribution in [2.75, 3.05) is 40.4 Å². The molecule has 1 aliphatic carbocycles. The van der Waals surface area contributed by atoms with E-state index >= 15 is 0 Å². The normalized spacial score (nSPS) is 16.4. The maximum Gasteiger partial charge on any atom is 0.416 e. The van der Waals surface area contributed by atoms with E-state index in [-0.39, 0.29) is 11.0 Å². The van der Waals surface area contributed by atoms with Gasteiger partial charge in [0.25, 0.3) is 5.91 Å². The van der Waals surface area contributed by atoms with Crippen LogP contribution in [0.15, 0.2) is 29.3 Å². The van der Waals surface area contributed by atoms with Crippen LogP contribution >= 0.6 is 0 Å². The highest BCUT2D eigenvalue weighted by atomic mass is 19.4. The Labute approximate surface area is 175 Å². The predicted molar refractivity (Wildman–Crippen MR) is 111 cm³/mol. The zero-order valence-corrected chi connectivity index (χ0v) is 17.6.